The van der Waals surface area contributed by atoms with Crippen LogP contribution < -0.4 is 10.6 Å². The van der Waals surface area contributed by atoms with E-state index < -0.39 is 17.7 Å². The van der Waals surface area contributed by atoms with Crippen molar-refractivity contribution in [2.45, 2.75) is 19.1 Å². The number of imidazole rings is 1. The van der Waals surface area contributed by atoms with Crippen molar-refractivity contribution < 1.29 is 17.6 Å². The van der Waals surface area contributed by atoms with Gasteiger partial charge in [-0.05, 0) is 23.8 Å². The Balaban J connectivity index is 1.70. The number of rotatable bonds is 1. The summed E-state index contributed by atoms with van der Waals surface area (Å²) in [4.78, 5) is 25.9. The predicted molar refractivity (Wildman–Crippen MR) is 80.7 cm³/mol. The Hall–Kier alpha value is -2.91. The maximum atomic E-state index is 13.4. The lowest BCUT2D eigenvalue weighted by Gasteiger charge is -2.29. The lowest BCUT2D eigenvalue weighted by atomic mass is 10.1. The van der Waals surface area contributed by atoms with Gasteiger partial charge in [0.15, 0.2) is 17.2 Å². The second-order valence-electron chi connectivity index (χ2n) is 5.74. The van der Waals surface area contributed by atoms with Gasteiger partial charge in [0.25, 0.3) is 0 Å². The molecule has 0 fully saturated rings. The van der Waals surface area contributed by atoms with E-state index in [0.29, 0.717) is 24.1 Å². The molecule has 0 atom stereocenters. The third-order valence-electron chi connectivity index (χ3n) is 4.07. The number of nitrogens with one attached hydrogen (secondary N) is 2. The number of alkyl halides is 3. The van der Waals surface area contributed by atoms with E-state index in [2.05, 4.69) is 19.9 Å². The minimum atomic E-state index is -4.86. The summed E-state index contributed by atoms with van der Waals surface area (Å²) in [6, 6.07) is 3.72. The number of nitrogens with zero attached hydrogens (tertiary/aromatic N) is 3. The molecule has 0 bridgehead atoms. The maximum absolute atomic E-state index is 13.4. The molecule has 130 valence electrons. The summed E-state index contributed by atoms with van der Waals surface area (Å²) in [5.41, 5.74) is 0.590. The molecule has 0 amide bonds. The van der Waals surface area contributed by atoms with Gasteiger partial charge in [0, 0.05) is 25.2 Å². The summed E-state index contributed by atoms with van der Waals surface area (Å²) < 4.78 is 51.9. The van der Waals surface area contributed by atoms with Crippen molar-refractivity contribution in [3.63, 3.8) is 0 Å². The smallest absolute Gasteiger partial charge is 0.352 e. The molecule has 3 aromatic rings. The van der Waals surface area contributed by atoms with Crippen LogP contribution in [0.4, 0.5) is 23.4 Å². The largest absolute Gasteiger partial charge is 0.436 e. The van der Waals surface area contributed by atoms with Crippen LogP contribution >= 0.6 is 0 Å². The monoisotopic (exact) mass is 353 g/mol. The fraction of sp³-hybridized carbons (Fsp3) is 0.267. The summed E-state index contributed by atoms with van der Waals surface area (Å²) in [6.07, 6.45) is -4.38. The van der Waals surface area contributed by atoms with E-state index >= 15 is 0 Å². The predicted octanol–water partition coefficient (Wildman–Crippen LogP) is 2.37. The first-order valence-electron chi connectivity index (χ1n) is 7.41. The lowest BCUT2D eigenvalue weighted by molar-refractivity contribution is -0.143. The number of pyridine rings is 2. The molecule has 0 aromatic carbocycles. The van der Waals surface area contributed by atoms with Crippen molar-refractivity contribution in [2.24, 2.45) is 0 Å². The zero-order valence-corrected chi connectivity index (χ0v) is 12.6. The zero-order valence-electron chi connectivity index (χ0n) is 12.6. The number of aromatic nitrogens is 4. The van der Waals surface area contributed by atoms with Crippen molar-refractivity contribution in [2.75, 3.05) is 11.4 Å². The van der Waals surface area contributed by atoms with Gasteiger partial charge < -0.3 is 9.88 Å². The number of hydrogen-bond acceptors (Lipinski definition) is 4. The van der Waals surface area contributed by atoms with Crippen LogP contribution in [0.15, 0.2) is 23.0 Å². The second kappa shape index (κ2) is 5.30. The Morgan fingerprint density at radius 1 is 1.16 bits per heavy atom. The van der Waals surface area contributed by atoms with E-state index in [4.69, 9.17) is 0 Å². The van der Waals surface area contributed by atoms with Crippen molar-refractivity contribution in [3.8, 4) is 0 Å². The van der Waals surface area contributed by atoms with E-state index in [1.54, 1.807) is 11.0 Å². The Morgan fingerprint density at radius 2 is 1.96 bits per heavy atom. The van der Waals surface area contributed by atoms with Gasteiger partial charge in [0.1, 0.15) is 5.82 Å². The van der Waals surface area contributed by atoms with E-state index in [1.165, 1.54) is 6.07 Å². The third-order valence-corrected chi connectivity index (χ3v) is 4.07. The maximum Gasteiger partial charge on any atom is 0.436 e. The van der Waals surface area contributed by atoms with Crippen LogP contribution in [0.1, 0.15) is 17.0 Å². The van der Waals surface area contributed by atoms with E-state index in [1.807, 2.05) is 0 Å². The Morgan fingerprint density at radius 3 is 2.72 bits per heavy atom. The van der Waals surface area contributed by atoms with Crippen LogP contribution in [0.5, 0.6) is 0 Å². The number of H-pyrrole nitrogens is 2. The first-order valence-corrected chi connectivity index (χ1v) is 7.41. The molecule has 0 unspecified atom stereocenters. The van der Waals surface area contributed by atoms with E-state index in [9.17, 15) is 22.4 Å². The molecule has 0 saturated heterocycles. The Labute approximate surface area is 137 Å². The van der Waals surface area contributed by atoms with E-state index in [-0.39, 0.29) is 18.1 Å². The molecule has 0 saturated carbocycles. The molecule has 4 rings (SSSR count). The average molecular weight is 353 g/mol. The summed E-state index contributed by atoms with van der Waals surface area (Å²) >= 11 is 0. The number of anilines is 1. The average Bonchev–Trinajstić information content (AvgIpc) is 2.90. The summed E-state index contributed by atoms with van der Waals surface area (Å²) in [5.74, 6) is -1.36. The normalized spacial score (nSPS) is 14.8. The highest BCUT2D eigenvalue weighted by Crippen LogP contribution is 2.32. The molecule has 2 N–H and O–H groups in total. The molecule has 0 radical (unpaired) electrons. The van der Waals surface area contributed by atoms with E-state index in [0.717, 1.165) is 17.3 Å². The van der Waals surface area contributed by atoms with Crippen LogP contribution in [0.3, 0.4) is 0 Å². The molecule has 25 heavy (non-hydrogen) atoms. The molecule has 3 aromatic heterocycles. The van der Waals surface area contributed by atoms with Crippen LogP contribution in [0, 0.1) is 5.82 Å². The Bertz CT molecular complexity index is 1020. The second-order valence-corrected chi connectivity index (χ2v) is 5.74. The van der Waals surface area contributed by atoms with Crippen molar-refractivity contribution in [3.05, 3.63) is 51.5 Å². The highest BCUT2D eigenvalue weighted by molar-refractivity contribution is 5.71. The van der Waals surface area contributed by atoms with Crippen molar-refractivity contribution >= 4 is 17.0 Å². The lowest BCUT2D eigenvalue weighted by Crippen LogP contribution is -2.32. The highest BCUT2D eigenvalue weighted by atomic mass is 19.4. The molecule has 4 heterocycles. The molecular formula is C15H11F4N5O. The molecule has 10 heteroatoms. The van der Waals surface area contributed by atoms with Gasteiger partial charge in [-0.25, -0.2) is 19.2 Å². The highest BCUT2D eigenvalue weighted by Gasteiger charge is 2.37. The molecule has 1 aliphatic heterocycles. The molecular weight excluding hydrogens is 342 g/mol. The first kappa shape index (κ1) is 15.6. The molecule has 0 aliphatic carbocycles. The number of hydrogen-bond donors (Lipinski definition) is 2. The topological polar surface area (TPSA) is 77.7 Å². The minimum Gasteiger partial charge on any atom is -0.352 e. The number of aromatic amines is 2. The molecule has 1 aliphatic rings. The summed E-state index contributed by atoms with van der Waals surface area (Å²) in [7, 11) is 0. The summed E-state index contributed by atoms with van der Waals surface area (Å²) in [5, 5.41) is 0. The number of halogens is 4. The van der Waals surface area contributed by atoms with Gasteiger partial charge in [-0.15, -0.1) is 0 Å². The Kier molecular flexibility index (Phi) is 3.31. The van der Waals surface area contributed by atoms with Gasteiger partial charge >= 0.3 is 11.9 Å². The van der Waals surface area contributed by atoms with Gasteiger partial charge in [-0.2, -0.15) is 13.2 Å². The van der Waals surface area contributed by atoms with Crippen LogP contribution in [-0.2, 0) is 19.1 Å². The van der Waals surface area contributed by atoms with Crippen molar-refractivity contribution in [1.82, 2.24) is 19.9 Å². The van der Waals surface area contributed by atoms with Gasteiger partial charge in [-0.3, -0.25) is 4.98 Å². The quantitative estimate of drug-likeness (QED) is 0.659. The van der Waals surface area contributed by atoms with Crippen molar-refractivity contribution in [1.29, 1.82) is 0 Å². The first-order chi connectivity index (χ1) is 11.8. The van der Waals surface area contributed by atoms with Crippen LogP contribution in [0.25, 0.3) is 11.2 Å². The number of fused-ring (bicyclic) bond motifs is 2. The zero-order chi connectivity index (χ0) is 17.8. The van der Waals surface area contributed by atoms with Crippen LogP contribution in [-0.4, -0.2) is 26.5 Å². The fourth-order valence-electron chi connectivity index (χ4n) is 2.93. The van der Waals surface area contributed by atoms with Gasteiger partial charge in [0.2, 0.25) is 0 Å². The van der Waals surface area contributed by atoms with Gasteiger partial charge in [-0.1, -0.05) is 0 Å². The van der Waals surface area contributed by atoms with Crippen LogP contribution in [0.2, 0.25) is 0 Å². The SMILES string of the molecule is O=c1[nH]c2cc3c(nc2[nH]1)CCN(c1ccc(F)c(C(F)(F)F)n1)C3. The van der Waals surface area contributed by atoms with Gasteiger partial charge in [0.05, 0.1) is 5.52 Å². The molecule has 0 spiro atoms. The summed E-state index contributed by atoms with van der Waals surface area (Å²) in [6.45, 7) is 0.650. The fourth-order valence-corrected chi connectivity index (χ4v) is 2.93. The molecule has 6 nitrogen and oxygen atoms in total. The standard InChI is InChI=1S/C15H11F4N5O/c16-8-1-2-11(22-12(8)15(17,18)19)24-4-3-9-7(6-24)5-10-13(20-9)23-14(25)21-10/h1-2,5H,3-4,6H2,(H2,20,21,23,25). The third kappa shape index (κ3) is 2.73. The minimum absolute atomic E-state index is 0.0436.